The van der Waals surface area contributed by atoms with Crippen molar-refractivity contribution in [3.05, 3.63) is 53.6 Å². The molecule has 5 nitrogen and oxygen atoms in total. The normalized spacial score (nSPS) is 18.7. The van der Waals surface area contributed by atoms with Crippen molar-refractivity contribution in [1.29, 1.82) is 0 Å². The molecular weight excluding hydrogens is 343 g/mol. The third-order valence-electron chi connectivity index (χ3n) is 5.34. The number of hydrogen-bond acceptors (Lipinski definition) is 3. The van der Waals surface area contributed by atoms with E-state index < -0.39 is 0 Å². The van der Waals surface area contributed by atoms with Gasteiger partial charge in [0.1, 0.15) is 11.5 Å². The summed E-state index contributed by atoms with van der Waals surface area (Å²) in [6, 6.07) is 8.79. The number of carbonyl (C=O) groups is 1. The molecule has 1 amide bonds. The van der Waals surface area contributed by atoms with E-state index in [1.54, 1.807) is 16.9 Å². The first-order valence-corrected chi connectivity index (χ1v) is 9.79. The van der Waals surface area contributed by atoms with Gasteiger partial charge in [0.05, 0.1) is 0 Å². The Morgan fingerprint density at radius 3 is 2.63 bits per heavy atom. The maximum Gasteiger partial charge on any atom is 0.272 e. The summed E-state index contributed by atoms with van der Waals surface area (Å²) in [5.41, 5.74) is 1.76. The third kappa shape index (κ3) is 4.56. The Kier molecular flexibility index (Phi) is 6.26. The molecule has 0 spiro atoms. The Hall–Kier alpha value is -2.21. The van der Waals surface area contributed by atoms with Crippen LogP contribution in [-0.2, 0) is 13.1 Å². The second-order valence-corrected chi connectivity index (χ2v) is 7.55. The fraction of sp³-hybridized carbons (Fsp3) is 0.524. The van der Waals surface area contributed by atoms with Crippen molar-refractivity contribution >= 4 is 5.91 Å². The van der Waals surface area contributed by atoms with Crippen molar-refractivity contribution in [2.75, 3.05) is 19.6 Å². The van der Waals surface area contributed by atoms with Gasteiger partial charge in [0.25, 0.3) is 5.91 Å². The second-order valence-electron chi connectivity index (χ2n) is 7.55. The second kappa shape index (κ2) is 8.65. The monoisotopic (exact) mass is 372 g/mol. The third-order valence-corrected chi connectivity index (χ3v) is 5.34. The summed E-state index contributed by atoms with van der Waals surface area (Å²) in [7, 11) is 0. The van der Waals surface area contributed by atoms with E-state index in [-0.39, 0.29) is 17.8 Å². The Morgan fingerprint density at radius 2 is 1.96 bits per heavy atom. The van der Waals surface area contributed by atoms with Crippen LogP contribution in [0.15, 0.2) is 36.5 Å². The van der Waals surface area contributed by atoms with Crippen LogP contribution in [0.4, 0.5) is 4.39 Å². The molecule has 2 aromatic rings. The number of carbonyl (C=O) groups excluding carboxylic acids is 1. The predicted molar refractivity (Wildman–Crippen MR) is 104 cm³/mol. The Balaban J connectivity index is 1.76. The molecule has 1 fully saturated rings. The van der Waals surface area contributed by atoms with Gasteiger partial charge in [0.15, 0.2) is 0 Å². The van der Waals surface area contributed by atoms with Gasteiger partial charge in [-0.3, -0.25) is 14.4 Å². The standard InChI is InChI=1S/C21H29FN4O/c1-4-26-19(10-11-23-26)21(27)25-13-5-12-24(20(15-25)16(2)3)14-17-6-8-18(22)9-7-17/h6-11,16,20H,4-5,12-15H2,1-3H3/t20-/m1/s1. The lowest BCUT2D eigenvalue weighted by Crippen LogP contribution is -2.45. The maximum absolute atomic E-state index is 13.2. The molecule has 0 saturated carbocycles. The van der Waals surface area contributed by atoms with Crippen LogP contribution in [0.25, 0.3) is 0 Å². The summed E-state index contributed by atoms with van der Waals surface area (Å²) in [5.74, 6) is 0.262. The molecule has 1 saturated heterocycles. The molecule has 1 aromatic carbocycles. The van der Waals surface area contributed by atoms with Gasteiger partial charge in [0, 0.05) is 45.0 Å². The van der Waals surface area contributed by atoms with Crippen molar-refractivity contribution in [3.8, 4) is 0 Å². The number of rotatable bonds is 5. The first kappa shape index (κ1) is 19.5. The minimum absolute atomic E-state index is 0.0589. The smallest absolute Gasteiger partial charge is 0.272 e. The number of aryl methyl sites for hydroxylation is 1. The van der Waals surface area contributed by atoms with Crippen molar-refractivity contribution < 1.29 is 9.18 Å². The van der Waals surface area contributed by atoms with Gasteiger partial charge in [-0.1, -0.05) is 26.0 Å². The fourth-order valence-corrected chi connectivity index (χ4v) is 3.83. The average Bonchev–Trinajstić information content (AvgIpc) is 3.03. The molecule has 0 unspecified atom stereocenters. The quantitative estimate of drug-likeness (QED) is 0.808. The number of halogens is 1. The molecule has 27 heavy (non-hydrogen) atoms. The van der Waals surface area contributed by atoms with E-state index in [4.69, 9.17) is 0 Å². The van der Waals surface area contributed by atoms with Gasteiger partial charge < -0.3 is 4.90 Å². The summed E-state index contributed by atoms with van der Waals surface area (Å²) in [6.45, 7) is 10.2. The molecule has 0 aliphatic carbocycles. The number of nitrogens with zero attached hydrogens (tertiary/aromatic N) is 4. The van der Waals surface area contributed by atoms with E-state index >= 15 is 0 Å². The number of amides is 1. The van der Waals surface area contributed by atoms with Crippen molar-refractivity contribution in [2.24, 2.45) is 5.92 Å². The Morgan fingerprint density at radius 1 is 1.22 bits per heavy atom. The van der Waals surface area contributed by atoms with Crippen molar-refractivity contribution in [1.82, 2.24) is 19.6 Å². The lowest BCUT2D eigenvalue weighted by Gasteiger charge is -2.34. The zero-order valence-corrected chi connectivity index (χ0v) is 16.4. The molecule has 0 bridgehead atoms. The van der Waals surface area contributed by atoms with Crippen LogP contribution in [0.5, 0.6) is 0 Å². The SMILES string of the molecule is CCn1nccc1C(=O)N1CCCN(Cc2ccc(F)cc2)[C@@H](C(C)C)C1. The summed E-state index contributed by atoms with van der Waals surface area (Å²) < 4.78 is 15.0. The van der Waals surface area contributed by atoms with E-state index in [2.05, 4.69) is 23.8 Å². The lowest BCUT2D eigenvalue weighted by molar-refractivity contribution is 0.0690. The minimum Gasteiger partial charge on any atom is -0.336 e. The maximum atomic E-state index is 13.2. The number of benzene rings is 1. The minimum atomic E-state index is -0.209. The lowest BCUT2D eigenvalue weighted by atomic mass is 10.0. The molecule has 3 rings (SSSR count). The van der Waals surface area contributed by atoms with Crippen LogP contribution in [0.3, 0.4) is 0 Å². The number of hydrogen-bond donors (Lipinski definition) is 0. The highest BCUT2D eigenvalue weighted by Gasteiger charge is 2.30. The highest BCUT2D eigenvalue weighted by atomic mass is 19.1. The van der Waals surface area contributed by atoms with E-state index in [1.165, 1.54) is 12.1 Å². The highest BCUT2D eigenvalue weighted by Crippen LogP contribution is 2.21. The van der Waals surface area contributed by atoms with Crippen LogP contribution in [0.1, 0.15) is 43.2 Å². The molecule has 1 aliphatic heterocycles. The number of aromatic nitrogens is 2. The molecule has 0 N–H and O–H groups in total. The molecule has 0 radical (unpaired) electrons. The summed E-state index contributed by atoms with van der Waals surface area (Å²) >= 11 is 0. The van der Waals surface area contributed by atoms with Crippen LogP contribution >= 0.6 is 0 Å². The Bertz CT molecular complexity index is 756. The molecule has 1 aliphatic rings. The van der Waals surface area contributed by atoms with E-state index in [1.807, 2.05) is 24.0 Å². The highest BCUT2D eigenvalue weighted by molar-refractivity contribution is 5.92. The van der Waals surface area contributed by atoms with Gasteiger partial charge in [-0.25, -0.2) is 4.39 Å². The fourth-order valence-electron chi connectivity index (χ4n) is 3.83. The van der Waals surface area contributed by atoms with Crippen LogP contribution in [0.2, 0.25) is 0 Å². The molecule has 1 aromatic heterocycles. The van der Waals surface area contributed by atoms with Crippen molar-refractivity contribution in [3.63, 3.8) is 0 Å². The van der Waals surface area contributed by atoms with E-state index in [0.717, 1.165) is 31.6 Å². The predicted octanol–water partition coefficient (Wildman–Crippen LogP) is 3.41. The first-order chi connectivity index (χ1) is 13.0. The molecule has 146 valence electrons. The molecule has 2 heterocycles. The van der Waals surface area contributed by atoms with E-state index in [9.17, 15) is 9.18 Å². The van der Waals surface area contributed by atoms with Gasteiger partial charge in [-0.2, -0.15) is 5.10 Å². The summed E-state index contributed by atoms with van der Waals surface area (Å²) in [5, 5.41) is 4.23. The van der Waals surface area contributed by atoms with Gasteiger partial charge in [-0.15, -0.1) is 0 Å². The Labute approximate surface area is 160 Å². The van der Waals surface area contributed by atoms with Crippen molar-refractivity contribution in [2.45, 2.75) is 46.3 Å². The zero-order valence-electron chi connectivity index (χ0n) is 16.4. The van der Waals surface area contributed by atoms with E-state index in [0.29, 0.717) is 24.7 Å². The summed E-state index contributed by atoms with van der Waals surface area (Å²) in [4.78, 5) is 17.5. The van der Waals surface area contributed by atoms with Gasteiger partial charge in [-0.05, 0) is 43.0 Å². The van der Waals surface area contributed by atoms with Crippen LogP contribution in [-0.4, -0.2) is 51.2 Å². The summed E-state index contributed by atoms with van der Waals surface area (Å²) in [6.07, 6.45) is 2.62. The van der Waals surface area contributed by atoms with Crippen LogP contribution in [0, 0.1) is 11.7 Å². The molecule has 6 heteroatoms. The molecular formula is C21H29FN4O. The largest absolute Gasteiger partial charge is 0.336 e. The van der Waals surface area contributed by atoms with Crippen LogP contribution < -0.4 is 0 Å². The average molecular weight is 372 g/mol. The van der Waals surface area contributed by atoms with Gasteiger partial charge >= 0.3 is 0 Å². The zero-order chi connectivity index (χ0) is 19.4. The topological polar surface area (TPSA) is 41.4 Å². The van der Waals surface area contributed by atoms with Gasteiger partial charge in [0.2, 0.25) is 0 Å². The molecule has 1 atom stereocenters. The first-order valence-electron chi connectivity index (χ1n) is 9.79.